The first-order valence-corrected chi connectivity index (χ1v) is 9.80. The molecule has 152 valence electrons. The molecule has 0 heterocycles. The molecule has 7 nitrogen and oxygen atoms in total. The van der Waals surface area contributed by atoms with Gasteiger partial charge in [-0.05, 0) is 37.8 Å². The van der Waals surface area contributed by atoms with Crippen LogP contribution in [0.3, 0.4) is 0 Å². The minimum absolute atomic E-state index is 0.138. The number of esters is 1. The highest BCUT2D eigenvalue weighted by atomic mass is 16.6. The number of nitro groups is 1. The fourth-order valence-corrected chi connectivity index (χ4v) is 3.01. The van der Waals surface area contributed by atoms with Gasteiger partial charge in [0.15, 0.2) is 0 Å². The van der Waals surface area contributed by atoms with Crippen molar-refractivity contribution in [3.63, 3.8) is 0 Å². The van der Waals surface area contributed by atoms with Crippen LogP contribution in [0.25, 0.3) is 0 Å². The molecular formula is C20H32N2O5. The predicted octanol–water partition coefficient (Wildman–Crippen LogP) is 4.54. The summed E-state index contributed by atoms with van der Waals surface area (Å²) in [4.78, 5) is 22.5. The lowest BCUT2D eigenvalue weighted by atomic mass is 9.76. The van der Waals surface area contributed by atoms with Crippen molar-refractivity contribution in [3.05, 3.63) is 33.9 Å². The van der Waals surface area contributed by atoms with Gasteiger partial charge in [-0.3, -0.25) is 10.1 Å². The van der Waals surface area contributed by atoms with E-state index in [0.29, 0.717) is 24.4 Å². The van der Waals surface area contributed by atoms with Crippen molar-refractivity contribution in [2.75, 3.05) is 18.5 Å². The molecule has 2 rings (SSSR count). The summed E-state index contributed by atoms with van der Waals surface area (Å²) in [6, 6.07) is 4.19. The normalized spacial score (nSPS) is 15.6. The molecular weight excluding hydrogens is 348 g/mol. The standard InChI is InChI=1S/C18H26N2O5.C2H6/c1-3-18(22,11-13-6-5-7-13)12-19-15-9-8-14(17(21)25-4-2)10-16(15)20(23)24;1-2/h8-10,13,19,22H,3-7,11-12H2,1-2H3;1-2H3. The van der Waals surface area contributed by atoms with Gasteiger partial charge in [-0.25, -0.2) is 4.79 Å². The van der Waals surface area contributed by atoms with E-state index >= 15 is 0 Å². The molecule has 0 aliphatic heterocycles. The lowest BCUT2D eigenvalue weighted by molar-refractivity contribution is -0.384. The van der Waals surface area contributed by atoms with E-state index in [1.54, 1.807) is 6.92 Å². The first kappa shape index (κ1) is 22.9. The van der Waals surface area contributed by atoms with Crippen LogP contribution in [0.15, 0.2) is 18.2 Å². The van der Waals surface area contributed by atoms with E-state index in [-0.39, 0.29) is 24.4 Å². The number of benzene rings is 1. The third-order valence-electron chi connectivity index (χ3n) is 4.86. The van der Waals surface area contributed by atoms with Crippen LogP contribution in [-0.4, -0.2) is 34.8 Å². The zero-order valence-corrected chi connectivity index (χ0v) is 16.8. The van der Waals surface area contributed by atoms with E-state index in [1.807, 2.05) is 20.8 Å². The molecule has 0 bridgehead atoms. The zero-order valence-electron chi connectivity index (χ0n) is 16.8. The van der Waals surface area contributed by atoms with Crippen LogP contribution in [0.2, 0.25) is 0 Å². The Bertz CT molecular complexity index is 631. The number of nitrogens with one attached hydrogen (secondary N) is 1. The first-order chi connectivity index (χ1) is 12.9. The van der Waals surface area contributed by atoms with Crippen molar-refractivity contribution in [1.82, 2.24) is 0 Å². The van der Waals surface area contributed by atoms with Gasteiger partial charge in [-0.1, -0.05) is 40.0 Å². The van der Waals surface area contributed by atoms with Gasteiger partial charge in [0, 0.05) is 12.6 Å². The van der Waals surface area contributed by atoms with Crippen LogP contribution in [0.5, 0.6) is 0 Å². The van der Waals surface area contributed by atoms with Gasteiger partial charge in [0.05, 0.1) is 22.7 Å². The maximum atomic E-state index is 11.7. The zero-order chi connectivity index (χ0) is 20.4. The average molecular weight is 380 g/mol. The number of nitro benzene ring substituents is 1. The topological polar surface area (TPSA) is 102 Å². The van der Waals surface area contributed by atoms with E-state index in [0.717, 1.165) is 12.8 Å². The van der Waals surface area contributed by atoms with Crippen LogP contribution in [0.1, 0.15) is 70.2 Å². The fraction of sp³-hybridized carbons (Fsp3) is 0.650. The Labute approximate surface area is 161 Å². The molecule has 0 aromatic heterocycles. The van der Waals surface area contributed by atoms with Crippen molar-refractivity contribution in [3.8, 4) is 0 Å². The van der Waals surface area contributed by atoms with Gasteiger partial charge in [-0.15, -0.1) is 0 Å². The summed E-state index contributed by atoms with van der Waals surface area (Å²) in [5.41, 5.74) is -0.663. The second kappa shape index (κ2) is 10.9. The number of hydrogen-bond donors (Lipinski definition) is 2. The van der Waals surface area contributed by atoms with Crippen molar-refractivity contribution in [2.45, 2.75) is 65.4 Å². The molecule has 1 unspecified atom stereocenters. The van der Waals surface area contributed by atoms with Gasteiger partial charge in [-0.2, -0.15) is 0 Å². The Morgan fingerprint density at radius 1 is 1.37 bits per heavy atom. The van der Waals surface area contributed by atoms with E-state index in [1.165, 1.54) is 24.6 Å². The summed E-state index contributed by atoms with van der Waals surface area (Å²) in [5, 5.41) is 25.1. The molecule has 1 fully saturated rings. The van der Waals surface area contributed by atoms with Crippen LogP contribution in [-0.2, 0) is 4.74 Å². The van der Waals surface area contributed by atoms with Gasteiger partial charge in [0.1, 0.15) is 5.69 Å². The third kappa shape index (κ3) is 6.50. The Hall–Kier alpha value is -2.15. The largest absolute Gasteiger partial charge is 0.462 e. The summed E-state index contributed by atoms with van der Waals surface area (Å²) in [5.74, 6) is -0.0554. The van der Waals surface area contributed by atoms with E-state index in [4.69, 9.17) is 4.74 Å². The van der Waals surface area contributed by atoms with Gasteiger partial charge in [0.25, 0.3) is 5.69 Å². The quantitative estimate of drug-likeness (QED) is 0.370. The SMILES string of the molecule is CC.CCOC(=O)c1ccc(NCC(O)(CC)CC2CCC2)c([N+](=O)[O-])c1. The molecule has 0 amide bonds. The molecule has 1 aliphatic carbocycles. The van der Waals surface area contributed by atoms with Gasteiger partial charge in [0.2, 0.25) is 0 Å². The Kier molecular flexibility index (Phi) is 9.21. The Balaban J connectivity index is 0.00000176. The maximum absolute atomic E-state index is 11.7. The molecule has 0 radical (unpaired) electrons. The molecule has 1 aromatic rings. The maximum Gasteiger partial charge on any atom is 0.338 e. The number of anilines is 1. The molecule has 1 aromatic carbocycles. The van der Waals surface area contributed by atoms with Crippen LogP contribution in [0, 0.1) is 16.0 Å². The second-order valence-electron chi connectivity index (χ2n) is 6.64. The third-order valence-corrected chi connectivity index (χ3v) is 4.86. The second-order valence-corrected chi connectivity index (χ2v) is 6.64. The highest BCUT2D eigenvalue weighted by Gasteiger charge is 2.32. The number of aliphatic hydroxyl groups is 1. The fourth-order valence-electron chi connectivity index (χ4n) is 3.01. The van der Waals surface area contributed by atoms with Crippen LogP contribution < -0.4 is 5.32 Å². The summed E-state index contributed by atoms with van der Waals surface area (Å²) >= 11 is 0. The molecule has 1 aliphatic rings. The molecule has 1 atom stereocenters. The van der Waals surface area contributed by atoms with Gasteiger partial charge < -0.3 is 15.2 Å². The van der Waals surface area contributed by atoms with Crippen molar-refractivity contribution >= 4 is 17.3 Å². The first-order valence-electron chi connectivity index (χ1n) is 9.80. The van der Waals surface area contributed by atoms with Crippen molar-refractivity contribution in [1.29, 1.82) is 0 Å². The Morgan fingerprint density at radius 3 is 2.52 bits per heavy atom. The minimum Gasteiger partial charge on any atom is -0.462 e. The van der Waals surface area contributed by atoms with Crippen LogP contribution in [0.4, 0.5) is 11.4 Å². The highest BCUT2D eigenvalue weighted by Crippen LogP contribution is 2.35. The van der Waals surface area contributed by atoms with E-state index in [9.17, 15) is 20.0 Å². The van der Waals surface area contributed by atoms with Crippen molar-refractivity contribution in [2.24, 2.45) is 5.92 Å². The summed E-state index contributed by atoms with van der Waals surface area (Å²) < 4.78 is 4.87. The molecule has 27 heavy (non-hydrogen) atoms. The highest BCUT2D eigenvalue weighted by molar-refractivity contribution is 5.91. The number of hydrogen-bond acceptors (Lipinski definition) is 6. The molecule has 0 spiro atoms. The Morgan fingerprint density at radius 2 is 2.04 bits per heavy atom. The number of rotatable bonds is 9. The van der Waals surface area contributed by atoms with Crippen molar-refractivity contribution < 1.29 is 19.6 Å². The summed E-state index contributed by atoms with van der Waals surface area (Å²) in [6.07, 6.45) is 4.75. The lowest BCUT2D eigenvalue weighted by Gasteiger charge is -2.35. The van der Waals surface area contributed by atoms with E-state index < -0.39 is 16.5 Å². The predicted molar refractivity (Wildman–Crippen MR) is 106 cm³/mol. The summed E-state index contributed by atoms with van der Waals surface area (Å²) in [7, 11) is 0. The molecule has 2 N–H and O–H groups in total. The number of nitrogens with zero attached hydrogens (tertiary/aromatic N) is 1. The van der Waals surface area contributed by atoms with Crippen LogP contribution >= 0.6 is 0 Å². The van der Waals surface area contributed by atoms with Gasteiger partial charge >= 0.3 is 5.97 Å². The smallest absolute Gasteiger partial charge is 0.338 e. The molecule has 7 heteroatoms. The summed E-state index contributed by atoms with van der Waals surface area (Å²) in [6.45, 7) is 8.03. The minimum atomic E-state index is -0.890. The number of carbonyl (C=O) groups is 1. The number of ether oxygens (including phenoxy) is 1. The average Bonchev–Trinajstić information content (AvgIpc) is 2.65. The molecule has 1 saturated carbocycles. The number of carbonyl (C=O) groups excluding carboxylic acids is 1. The lowest BCUT2D eigenvalue weighted by Crippen LogP contribution is -2.39. The van der Waals surface area contributed by atoms with E-state index in [2.05, 4.69) is 5.32 Å². The monoisotopic (exact) mass is 380 g/mol. The molecule has 0 saturated heterocycles.